The third-order valence-corrected chi connectivity index (χ3v) is 4.27. The molecule has 25 heavy (non-hydrogen) atoms. The van der Waals surface area contributed by atoms with E-state index in [1.54, 1.807) is 12.4 Å². The second-order valence-corrected chi connectivity index (χ2v) is 6.28. The van der Waals surface area contributed by atoms with Gasteiger partial charge in [0, 0.05) is 44.2 Å². The first-order valence-corrected chi connectivity index (χ1v) is 8.34. The molecule has 0 saturated carbocycles. The number of anilines is 1. The van der Waals surface area contributed by atoms with Crippen molar-refractivity contribution in [2.24, 2.45) is 0 Å². The second kappa shape index (κ2) is 6.64. The second-order valence-electron chi connectivity index (χ2n) is 6.28. The van der Waals surface area contributed by atoms with Gasteiger partial charge in [0.15, 0.2) is 5.52 Å². The summed E-state index contributed by atoms with van der Waals surface area (Å²) in [6.45, 7) is 1.31. The average Bonchev–Trinajstić information content (AvgIpc) is 3.15. The Balaban J connectivity index is 1.75. The zero-order chi connectivity index (χ0) is 17.2. The fraction of sp³-hybridized carbons (Fsp3) is 0.316. The molecule has 4 rings (SSSR count). The van der Waals surface area contributed by atoms with Gasteiger partial charge in [0.2, 0.25) is 5.88 Å². The molecule has 0 bridgehead atoms. The fourth-order valence-electron chi connectivity index (χ4n) is 2.87. The van der Waals surface area contributed by atoms with Gasteiger partial charge in [-0.2, -0.15) is 0 Å². The first-order chi connectivity index (χ1) is 12.2. The van der Waals surface area contributed by atoms with E-state index in [0.29, 0.717) is 18.0 Å². The molecule has 6 nitrogen and oxygen atoms in total. The number of rotatable bonds is 4. The molecule has 1 fully saturated rings. The summed E-state index contributed by atoms with van der Waals surface area (Å²) in [4.78, 5) is 15.6. The standard InChI is InChI=1S/C19H20N4O2/c1-23(2)14-5-3-13(4-6-14)16-11-17-18(21-9-8-20-17)19(22-16)25-15-7-10-24-12-15/h3-6,8-9,11,15H,7,10,12H2,1-2H3/t15-/m1/s1. The lowest BCUT2D eigenvalue weighted by Gasteiger charge is -2.15. The summed E-state index contributed by atoms with van der Waals surface area (Å²) in [7, 11) is 4.04. The summed E-state index contributed by atoms with van der Waals surface area (Å²) >= 11 is 0. The van der Waals surface area contributed by atoms with Gasteiger partial charge in [-0.25, -0.2) is 9.97 Å². The third kappa shape index (κ3) is 3.25. The maximum Gasteiger partial charge on any atom is 0.243 e. The third-order valence-electron chi connectivity index (χ3n) is 4.27. The van der Waals surface area contributed by atoms with Crippen LogP contribution in [0.3, 0.4) is 0 Å². The van der Waals surface area contributed by atoms with E-state index in [1.165, 1.54) is 0 Å². The Morgan fingerprint density at radius 2 is 1.92 bits per heavy atom. The number of hydrogen-bond donors (Lipinski definition) is 0. The molecular weight excluding hydrogens is 316 g/mol. The van der Waals surface area contributed by atoms with Crippen LogP contribution in [0.15, 0.2) is 42.7 Å². The lowest BCUT2D eigenvalue weighted by molar-refractivity contribution is 0.139. The molecule has 3 aromatic rings. The fourth-order valence-corrected chi connectivity index (χ4v) is 2.87. The molecule has 0 N–H and O–H groups in total. The van der Waals surface area contributed by atoms with Crippen LogP contribution >= 0.6 is 0 Å². The first-order valence-electron chi connectivity index (χ1n) is 8.34. The van der Waals surface area contributed by atoms with Gasteiger partial charge < -0.3 is 14.4 Å². The van der Waals surface area contributed by atoms with E-state index < -0.39 is 0 Å². The summed E-state index contributed by atoms with van der Waals surface area (Å²) in [6, 6.07) is 10.2. The number of aromatic nitrogens is 3. The molecule has 0 unspecified atom stereocenters. The molecular formula is C19H20N4O2. The van der Waals surface area contributed by atoms with Crippen molar-refractivity contribution in [3.8, 4) is 17.1 Å². The molecule has 0 aliphatic carbocycles. The number of nitrogens with zero attached hydrogens (tertiary/aromatic N) is 4. The Bertz CT molecular complexity index is 874. The Hall–Kier alpha value is -2.73. The Labute approximate surface area is 146 Å². The van der Waals surface area contributed by atoms with E-state index >= 15 is 0 Å². The SMILES string of the molecule is CN(C)c1ccc(-c2cc3nccnc3c(O[C@@H]3CCOC3)n2)cc1. The van der Waals surface area contributed by atoms with Gasteiger partial charge in [0.05, 0.1) is 24.4 Å². The largest absolute Gasteiger partial charge is 0.470 e. The van der Waals surface area contributed by atoms with Crippen molar-refractivity contribution >= 4 is 16.7 Å². The topological polar surface area (TPSA) is 60.4 Å². The zero-order valence-corrected chi connectivity index (χ0v) is 14.3. The van der Waals surface area contributed by atoms with Crippen LogP contribution in [-0.2, 0) is 4.74 Å². The highest BCUT2D eigenvalue weighted by atomic mass is 16.5. The predicted molar refractivity (Wildman–Crippen MR) is 96.9 cm³/mol. The molecule has 6 heteroatoms. The highest BCUT2D eigenvalue weighted by Gasteiger charge is 2.20. The van der Waals surface area contributed by atoms with E-state index in [2.05, 4.69) is 39.1 Å². The number of fused-ring (bicyclic) bond motifs is 1. The summed E-state index contributed by atoms with van der Waals surface area (Å²) < 4.78 is 11.5. The van der Waals surface area contributed by atoms with Crippen LogP contribution in [0.25, 0.3) is 22.3 Å². The van der Waals surface area contributed by atoms with Gasteiger partial charge in [-0.05, 0) is 18.2 Å². The minimum absolute atomic E-state index is 0.0177. The zero-order valence-electron chi connectivity index (χ0n) is 14.3. The van der Waals surface area contributed by atoms with Gasteiger partial charge in [-0.15, -0.1) is 0 Å². The van der Waals surface area contributed by atoms with Crippen LogP contribution in [0.2, 0.25) is 0 Å². The highest BCUT2D eigenvalue weighted by molar-refractivity contribution is 5.83. The molecule has 128 valence electrons. The molecule has 1 aliphatic heterocycles. The average molecular weight is 336 g/mol. The van der Waals surface area contributed by atoms with Crippen LogP contribution < -0.4 is 9.64 Å². The molecule has 0 amide bonds. The molecule has 1 aliphatic rings. The van der Waals surface area contributed by atoms with Gasteiger partial charge >= 0.3 is 0 Å². The normalized spacial score (nSPS) is 17.0. The number of pyridine rings is 1. The maximum absolute atomic E-state index is 6.07. The number of hydrogen-bond acceptors (Lipinski definition) is 6. The summed E-state index contributed by atoms with van der Waals surface area (Å²) in [6.07, 6.45) is 4.23. The minimum atomic E-state index is 0.0177. The molecule has 2 aromatic heterocycles. The quantitative estimate of drug-likeness (QED) is 0.730. The monoisotopic (exact) mass is 336 g/mol. The Kier molecular flexibility index (Phi) is 4.19. The van der Waals surface area contributed by atoms with Crippen molar-refractivity contribution in [1.82, 2.24) is 15.0 Å². The molecule has 3 heterocycles. The van der Waals surface area contributed by atoms with Gasteiger partial charge in [-0.1, -0.05) is 12.1 Å². The molecule has 0 radical (unpaired) electrons. The number of benzene rings is 1. The first kappa shape index (κ1) is 15.8. The molecule has 1 saturated heterocycles. The van der Waals surface area contributed by atoms with Crippen molar-refractivity contribution in [2.75, 3.05) is 32.2 Å². The van der Waals surface area contributed by atoms with E-state index in [9.17, 15) is 0 Å². The van der Waals surface area contributed by atoms with Crippen LogP contribution in [0.1, 0.15) is 6.42 Å². The van der Waals surface area contributed by atoms with Gasteiger partial charge in [0.25, 0.3) is 0 Å². The van der Waals surface area contributed by atoms with Crippen LogP contribution in [-0.4, -0.2) is 48.4 Å². The molecule has 1 aromatic carbocycles. The summed E-state index contributed by atoms with van der Waals surface area (Å²) in [5.41, 5.74) is 4.45. The van der Waals surface area contributed by atoms with Crippen LogP contribution in [0, 0.1) is 0 Å². The van der Waals surface area contributed by atoms with Crippen molar-refractivity contribution in [3.05, 3.63) is 42.7 Å². The Morgan fingerprint density at radius 3 is 2.64 bits per heavy atom. The van der Waals surface area contributed by atoms with E-state index in [4.69, 9.17) is 14.5 Å². The van der Waals surface area contributed by atoms with Gasteiger partial charge in [0.1, 0.15) is 6.10 Å². The maximum atomic E-state index is 6.07. The van der Waals surface area contributed by atoms with Crippen LogP contribution in [0.4, 0.5) is 5.69 Å². The lowest BCUT2D eigenvalue weighted by atomic mass is 10.1. The van der Waals surface area contributed by atoms with E-state index in [0.717, 1.165) is 35.5 Å². The Morgan fingerprint density at radius 1 is 1.12 bits per heavy atom. The molecule has 0 spiro atoms. The van der Waals surface area contributed by atoms with E-state index in [-0.39, 0.29) is 6.10 Å². The van der Waals surface area contributed by atoms with Crippen molar-refractivity contribution in [3.63, 3.8) is 0 Å². The lowest BCUT2D eigenvalue weighted by Crippen LogP contribution is -2.17. The summed E-state index contributed by atoms with van der Waals surface area (Å²) in [5, 5.41) is 0. The molecule has 1 atom stereocenters. The minimum Gasteiger partial charge on any atom is -0.470 e. The van der Waals surface area contributed by atoms with Crippen LogP contribution in [0.5, 0.6) is 5.88 Å². The smallest absolute Gasteiger partial charge is 0.243 e. The van der Waals surface area contributed by atoms with Crippen molar-refractivity contribution < 1.29 is 9.47 Å². The highest BCUT2D eigenvalue weighted by Crippen LogP contribution is 2.29. The number of ether oxygens (including phenoxy) is 2. The van der Waals surface area contributed by atoms with Crippen molar-refractivity contribution in [1.29, 1.82) is 0 Å². The summed E-state index contributed by atoms with van der Waals surface area (Å²) in [5.74, 6) is 0.521. The van der Waals surface area contributed by atoms with Crippen molar-refractivity contribution in [2.45, 2.75) is 12.5 Å². The predicted octanol–water partition coefficient (Wildman–Crippen LogP) is 2.93. The van der Waals surface area contributed by atoms with E-state index in [1.807, 2.05) is 20.2 Å². The van der Waals surface area contributed by atoms with Gasteiger partial charge in [-0.3, -0.25) is 4.98 Å².